The first-order valence-electron chi connectivity index (χ1n) is 46.7. The Morgan fingerprint density at radius 3 is 1.02 bits per heavy atom. The van der Waals surface area contributed by atoms with Crippen LogP contribution in [0, 0.1) is 0 Å². The van der Waals surface area contributed by atoms with Gasteiger partial charge in [0.25, 0.3) is 29.5 Å². The Bertz CT molecular complexity index is 7930. The molecular weight excluding hydrogens is 1880 g/mol. The van der Waals surface area contributed by atoms with E-state index in [1.54, 1.807) is 107 Å². The number of piperazine rings is 1. The Labute approximate surface area is 851 Å². The Hall–Kier alpha value is -18.6. The first-order valence-corrected chi connectivity index (χ1v) is 47.5. The molecule has 21 rings (SSSR count). The number of pyridine rings is 4. The van der Waals surface area contributed by atoms with Gasteiger partial charge in [-0.15, -0.1) is 0 Å². The zero-order valence-electron chi connectivity index (χ0n) is 82.4. The Kier molecular flexibility index (Phi) is 31.9. The van der Waals surface area contributed by atoms with E-state index in [1.807, 2.05) is 311 Å². The number of amides is 5. The average molecular weight is 1980 g/mol. The highest BCUT2D eigenvalue weighted by molar-refractivity contribution is 7.17. The van der Waals surface area contributed by atoms with E-state index in [4.69, 9.17) is 47.6 Å². The lowest BCUT2D eigenvalue weighted by Gasteiger charge is -2.26. The number of hydrogen-bond acceptors (Lipinski definition) is 23. The molecule has 20 aromatic rings. The molecule has 6 N–H and O–H groups in total. The zero-order valence-corrected chi connectivity index (χ0v) is 83.3. The minimum Gasteiger partial charge on any atom is -0.497 e. The Morgan fingerprint density at radius 1 is 0.313 bits per heavy atom. The Morgan fingerprint density at radius 2 is 0.660 bits per heavy atom. The van der Waals surface area contributed by atoms with Gasteiger partial charge in [0.15, 0.2) is 39.5 Å². The summed E-state index contributed by atoms with van der Waals surface area (Å²) in [4.78, 5) is 94.6. The number of thiazole rings is 1. The number of aromatic nitrogens is 10. The van der Waals surface area contributed by atoms with E-state index in [1.165, 1.54) is 40.4 Å². The van der Waals surface area contributed by atoms with Crippen molar-refractivity contribution in [3.05, 3.63) is 380 Å². The number of anilines is 6. The molecule has 10 aromatic heterocycles. The molecule has 0 bridgehead atoms. The van der Waals surface area contributed by atoms with E-state index in [-0.39, 0.29) is 29.5 Å². The fourth-order valence-corrected chi connectivity index (χ4v) is 17.5. The molecule has 742 valence electrons. The summed E-state index contributed by atoms with van der Waals surface area (Å²) in [6.45, 7) is 5.16. The summed E-state index contributed by atoms with van der Waals surface area (Å²) in [5.74, 6) is 3.31. The van der Waals surface area contributed by atoms with Crippen LogP contribution in [-0.2, 0) is 6.54 Å². The number of fused-ring (bicyclic) bond motifs is 5. The van der Waals surface area contributed by atoms with E-state index in [0.29, 0.717) is 102 Å². The number of hydrogen-bond donors (Lipinski definition) is 6. The summed E-state index contributed by atoms with van der Waals surface area (Å²) in [5, 5.41) is 18.4. The molecule has 1 saturated heterocycles. The standard InChI is InChI=1S/C25H27N5O3S.C23H21N3O4.C22H20N4O.2C22H19N3O3/c1-32-22-8-7-17(13-23(22)33-2)24(31)27-20-6-4-3-5-19(20)21-16-30-15-18(34-25(30)28-21)14-29-11-9-26-10-12-29;1-28-19-12-15(13-20(29-2)22(19)30-3)23(27)25-17-9-5-4-8-16(17)18-14-26-11-7-6-10-21(26)24-18;1-25(2)17-9-7-8-16(14-17)22(27)24-19-11-4-3-10-18(19)20-15-26-13-6-5-12-21(26)23-20;1-27-15-10-11-17(20(13-15)28-2)22(26)24-18-8-4-3-7-16(18)19-14-25-12-6-5-9-21(25)23-19;1-27-19-11-10-15(13-20(19)28-2)22(26)24-17-8-4-3-7-16(17)18-14-25-12-6-5-9-21(25)23-18/h3-8,13,15-16,26H,9-12,14H2,1-2H3,(H,27,31);4-14H,1-3H3,(H,25,27);3-15H,1-2H3,(H,24,27);2*3-14H,1-2H3,(H,24,26). The fraction of sp³-hybridized carbons (Fsp3) is 0.140. The number of carbonyl (C=O) groups excluding carboxylic acids is 5. The van der Waals surface area contributed by atoms with Gasteiger partial charge in [-0.25, -0.2) is 24.9 Å². The van der Waals surface area contributed by atoms with Crippen LogP contribution in [0.2, 0.25) is 0 Å². The topological polar surface area (TPSA) is 334 Å². The van der Waals surface area contributed by atoms with Crippen molar-refractivity contribution < 1.29 is 66.6 Å². The molecule has 0 saturated carbocycles. The van der Waals surface area contributed by atoms with Crippen LogP contribution >= 0.6 is 11.3 Å². The largest absolute Gasteiger partial charge is 0.497 e. The van der Waals surface area contributed by atoms with E-state index in [9.17, 15) is 24.0 Å². The minimum atomic E-state index is -0.300. The molecule has 0 unspecified atom stereocenters. The molecule has 1 aliphatic heterocycles. The third kappa shape index (κ3) is 23.6. The summed E-state index contributed by atoms with van der Waals surface area (Å²) in [6.07, 6.45) is 19.7. The number of carbonyl (C=O) groups is 5. The second-order valence-electron chi connectivity index (χ2n) is 33.5. The lowest BCUT2D eigenvalue weighted by atomic mass is 10.1. The lowest BCUT2D eigenvalue weighted by Crippen LogP contribution is -2.42. The van der Waals surface area contributed by atoms with Gasteiger partial charge in [0.05, 0.1) is 126 Å². The van der Waals surface area contributed by atoms with Crippen molar-refractivity contribution in [3.63, 3.8) is 0 Å². The summed E-state index contributed by atoms with van der Waals surface area (Å²) >= 11 is 1.71. The van der Waals surface area contributed by atoms with Crippen molar-refractivity contribution in [1.29, 1.82) is 0 Å². The number of methoxy groups -OCH3 is 9. The first kappa shape index (κ1) is 99.9. The number of benzene rings is 10. The van der Waals surface area contributed by atoms with Gasteiger partial charge < -0.3 is 97.0 Å². The maximum absolute atomic E-state index is 13.0. The third-order valence-electron chi connectivity index (χ3n) is 24.0. The molecule has 1 fully saturated rings. The van der Waals surface area contributed by atoms with Crippen LogP contribution < -0.4 is 79.4 Å². The number of nitrogens with zero attached hydrogens (tertiary/aromatic N) is 12. The predicted octanol–water partition coefficient (Wildman–Crippen LogP) is 20.9. The van der Waals surface area contributed by atoms with Gasteiger partial charge in [-0.2, -0.15) is 0 Å². The van der Waals surface area contributed by atoms with Crippen LogP contribution in [0.25, 0.3) is 83.8 Å². The van der Waals surface area contributed by atoms with Gasteiger partial charge in [0, 0.05) is 175 Å². The van der Waals surface area contributed by atoms with Gasteiger partial charge in [0.1, 0.15) is 34.1 Å². The van der Waals surface area contributed by atoms with Crippen molar-refractivity contribution >= 4 is 103 Å². The van der Waals surface area contributed by atoms with E-state index >= 15 is 0 Å². The monoisotopic (exact) mass is 1980 g/mol. The number of nitrogens with one attached hydrogen (secondary N) is 6. The minimum absolute atomic E-state index is 0.144. The van der Waals surface area contributed by atoms with Gasteiger partial charge in [-0.1, -0.05) is 133 Å². The summed E-state index contributed by atoms with van der Waals surface area (Å²) in [6, 6.07) is 87.5. The zero-order chi connectivity index (χ0) is 102. The van der Waals surface area contributed by atoms with Gasteiger partial charge >= 0.3 is 0 Å². The first-order chi connectivity index (χ1) is 71.8. The lowest BCUT2D eigenvalue weighted by molar-refractivity contribution is 0.101. The second kappa shape index (κ2) is 46.9. The highest BCUT2D eigenvalue weighted by atomic mass is 32.1. The Balaban J connectivity index is 0.000000126. The number of para-hydroxylation sites is 5. The van der Waals surface area contributed by atoms with Gasteiger partial charge in [0.2, 0.25) is 5.75 Å². The van der Waals surface area contributed by atoms with Crippen LogP contribution in [0.15, 0.2) is 347 Å². The summed E-state index contributed by atoms with van der Waals surface area (Å²) < 4.78 is 57.5. The van der Waals surface area contributed by atoms with Gasteiger partial charge in [-0.05, 0) is 158 Å². The molecule has 0 atom stereocenters. The second-order valence-corrected chi connectivity index (χ2v) is 34.6. The van der Waals surface area contributed by atoms with Crippen LogP contribution in [0.4, 0.5) is 34.1 Å². The molecule has 32 nitrogen and oxygen atoms in total. The van der Waals surface area contributed by atoms with Crippen molar-refractivity contribution in [2.24, 2.45) is 0 Å². The molecule has 0 radical (unpaired) electrons. The maximum atomic E-state index is 13.0. The van der Waals surface area contributed by atoms with Crippen LogP contribution in [-0.4, -0.2) is 186 Å². The molecule has 0 aliphatic carbocycles. The summed E-state index contributed by atoms with van der Waals surface area (Å²) in [5.41, 5.74) is 18.4. The molecule has 147 heavy (non-hydrogen) atoms. The number of rotatable bonds is 27. The summed E-state index contributed by atoms with van der Waals surface area (Å²) in [7, 11) is 17.8. The molecular formula is C114H106N18O14S. The number of ether oxygens (including phenoxy) is 9. The quantitative estimate of drug-likeness (QED) is 0.0278. The van der Waals surface area contributed by atoms with Crippen molar-refractivity contribution in [2.75, 3.05) is 136 Å². The molecule has 33 heteroatoms. The highest BCUT2D eigenvalue weighted by Gasteiger charge is 2.25. The van der Waals surface area contributed by atoms with E-state index in [0.717, 1.165) is 128 Å². The molecule has 10 aromatic carbocycles. The van der Waals surface area contributed by atoms with Crippen molar-refractivity contribution in [1.82, 2.24) is 57.1 Å². The fourth-order valence-electron chi connectivity index (χ4n) is 16.5. The number of imidazole rings is 5. The maximum Gasteiger partial charge on any atom is 0.259 e. The van der Waals surface area contributed by atoms with Crippen LogP contribution in [0.3, 0.4) is 0 Å². The van der Waals surface area contributed by atoms with Crippen LogP contribution in [0.5, 0.6) is 51.7 Å². The molecule has 1 aliphatic rings. The SMILES string of the molecule is CN(C)c1cccc(C(=O)Nc2ccccc2-c2cn3ccccc3n2)c1.COc1cc(C(=O)Nc2ccccc2-c2cn3ccccc3n2)cc(OC)c1OC.COc1ccc(C(=O)Nc2ccccc2-c2cn3cc(CN4CCNCC4)sc3n2)cc1OC.COc1ccc(C(=O)Nc2ccccc2-c2cn3ccccc3n2)c(OC)c1.COc1ccc(C(=O)Nc2ccccc2-c2cn3ccccc3n2)cc1OC. The van der Waals surface area contributed by atoms with E-state index < -0.39 is 0 Å². The van der Waals surface area contributed by atoms with Crippen LogP contribution in [0.1, 0.15) is 56.7 Å². The van der Waals surface area contributed by atoms with E-state index in [2.05, 4.69) is 67.3 Å². The highest BCUT2D eigenvalue weighted by Crippen LogP contribution is 2.41. The van der Waals surface area contributed by atoms with Gasteiger partial charge in [-0.3, -0.25) is 33.3 Å². The average Bonchev–Trinajstić information content (AvgIpc) is 1.65. The smallest absolute Gasteiger partial charge is 0.259 e. The molecule has 5 amide bonds. The normalized spacial score (nSPS) is 11.5. The van der Waals surface area contributed by atoms with Crippen molar-refractivity contribution in [2.45, 2.75) is 6.54 Å². The predicted molar refractivity (Wildman–Crippen MR) is 574 cm³/mol. The molecule has 11 heterocycles. The van der Waals surface area contributed by atoms with Crippen molar-refractivity contribution in [3.8, 4) is 108 Å². The third-order valence-corrected chi connectivity index (χ3v) is 25.0. The molecule has 0 spiro atoms.